The Morgan fingerprint density at radius 2 is 1.95 bits per heavy atom. The van der Waals surface area contributed by atoms with Gasteiger partial charge in [0.05, 0.1) is 10.7 Å². The van der Waals surface area contributed by atoms with Crippen LogP contribution in [0, 0.1) is 0 Å². The lowest BCUT2D eigenvalue weighted by atomic mass is 10.1. The second-order valence-corrected chi connectivity index (χ2v) is 4.44. The Morgan fingerprint density at radius 1 is 1.30 bits per heavy atom. The highest BCUT2D eigenvalue weighted by molar-refractivity contribution is 6.33. The van der Waals surface area contributed by atoms with Crippen LogP contribution in [0.2, 0.25) is 5.02 Å². The van der Waals surface area contributed by atoms with E-state index in [0.717, 1.165) is 0 Å². The Bertz CT molecular complexity index is 547. The zero-order valence-electron chi connectivity index (χ0n) is 10.3. The minimum atomic E-state index is -1.30. The van der Waals surface area contributed by atoms with E-state index in [0.29, 0.717) is 5.69 Å². The maximum Gasteiger partial charge on any atom is 0.326 e. The molecule has 0 bridgehead atoms. The molecule has 0 aliphatic rings. The number of carbonyl (C=O) groups excluding carboxylic acids is 1. The lowest BCUT2D eigenvalue weighted by Crippen LogP contribution is -2.41. The van der Waals surface area contributed by atoms with Crippen molar-refractivity contribution in [2.75, 3.05) is 5.73 Å². The van der Waals surface area contributed by atoms with Gasteiger partial charge in [0.2, 0.25) is 0 Å². The van der Waals surface area contributed by atoms with Crippen molar-refractivity contribution in [3.63, 3.8) is 0 Å². The van der Waals surface area contributed by atoms with Crippen molar-refractivity contribution in [3.8, 4) is 0 Å². The van der Waals surface area contributed by atoms with Gasteiger partial charge in [0.15, 0.2) is 0 Å². The number of rotatable bonds is 6. The molecule has 1 rings (SSSR count). The van der Waals surface area contributed by atoms with Crippen LogP contribution in [0.3, 0.4) is 0 Å². The average molecular weight is 301 g/mol. The van der Waals surface area contributed by atoms with Crippen molar-refractivity contribution in [3.05, 3.63) is 28.8 Å². The molecule has 1 amide bonds. The van der Waals surface area contributed by atoms with Crippen LogP contribution in [-0.4, -0.2) is 34.1 Å². The fourth-order valence-corrected chi connectivity index (χ4v) is 1.62. The molecule has 8 heteroatoms. The van der Waals surface area contributed by atoms with Gasteiger partial charge in [-0.05, 0) is 24.6 Å². The summed E-state index contributed by atoms with van der Waals surface area (Å²) in [5.41, 5.74) is 5.94. The molecule has 0 aliphatic carbocycles. The number of hydrogen-bond donors (Lipinski definition) is 4. The SMILES string of the molecule is Nc1ccc(C(=O)N[C@@H](CCC(=O)O)C(=O)O)cc1Cl. The fraction of sp³-hybridized carbons (Fsp3) is 0.250. The van der Waals surface area contributed by atoms with Gasteiger partial charge in [0, 0.05) is 12.0 Å². The quantitative estimate of drug-likeness (QED) is 0.579. The molecular weight excluding hydrogens is 288 g/mol. The molecule has 0 saturated carbocycles. The molecule has 1 aromatic carbocycles. The molecule has 20 heavy (non-hydrogen) atoms. The zero-order valence-corrected chi connectivity index (χ0v) is 11.1. The van der Waals surface area contributed by atoms with Crippen molar-refractivity contribution in [1.82, 2.24) is 5.32 Å². The first kappa shape index (κ1) is 15.8. The van der Waals surface area contributed by atoms with Crippen LogP contribution in [0.25, 0.3) is 0 Å². The minimum Gasteiger partial charge on any atom is -0.481 e. The van der Waals surface area contributed by atoms with Gasteiger partial charge in [-0.1, -0.05) is 11.6 Å². The van der Waals surface area contributed by atoms with Crippen LogP contribution in [0.5, 0.6) is 0 Å². The highest BCUT2D eigenvalue weighted by Gasteiger charge is 2.21. The molecule has 0 fully saturated rings. The van der Waals surface area contributed by atoms with Crippen molar-refractivity contribution in [1.29, 1.82) is 0 Å². The summed E-state index contributed by atoms with van der Waals surface area (Å²) in [6, 6.07) is 2.84. The Kier molecular flexibility index (Phi) is 5.33. The van der Waals surface area contributed by atoms with E-state index in [2.05, 4.69) is 5.32 Å². The molecular formula is C12H13ClN2O5. The van der Waals surface area contributed by atoms with E-state index >= 15 is 0 Å². The number of carbonyl (C=O) groups is 3. The standard InChI is InChI=1S/C12H13ClN2O5/c13-7-5-6(1-2-8(7)14)11(18)15-9(12(19)20)3-4-10(16)17/h1-2,5,9H,3-4,14H2,(H,15,18)(H,16,17)(H,19,20)/t9-/m0/s1. The number of nitrogens with two attached hydrogens (primary N) is 1. The third-order valence-corrected chi connectivity index (χ3v) is 2.84. The van der Waals surface area contributed by atoms with E-state index in [9.17, 15) is 14.4 Å². The maximum atomic E-state index is 11.8. The third kappa shape index (κ3) is 4.43. The largest absolute Gasteiger partial charge is 0.481 e. The number of hydrogen-bond acceptors (Lipinski definition) is 4. The summed E-state index contributed by atoms with van der Waals surface area (Å²) in [6.07, 6.45) is -0.571. The lowest BCUT2D eigenvalue weighted by Gasteiger charge is -2.13. The highest BCUT2D eigenvalue weighted by atomic mass is 35.5. The van der Waals surface area contributed by atoms with E-state index in [1.54, 1.807) is 0 Å². The minimum absolute atomic E-state index is 0.144. The van der Waals surface area contributed by atoms with Crippen LogP contribution in [0.15, 0.2) is 18.2 Å². The van der Waals surface area contributed by atoms with Gasteiger partial charge in [-0.25, -0.2) is 4.79 Å². The Morgan fingerprint density at radius 3 is 2.45 bits per heavy atom. The molecule has 0 saturated heterocycles. The van der Waals surface area contributed by atoms with E-state index in [1.165, 1.54) is 18.2 Å². The fourth-order valence-electron chi connectivity index (χ4n) is 1.44. The molecule has 5 N–H and O–H groups in total. The van der Waals surface area contributed by atoms with Crippen LogP contribution in [0.1, 0.15) is 23.2 Å². The van der Waals surface area contributed by atoms with Gasteiger partial charge >= 0.3 is 11.9 Å². The van der Waals surface area contributed by atoms with Crippen LogP contribution in [-0.2, 0) is 9.59 Å². The second kappa shape index (κ2) is 6.76. The molecule has 0 aliphatic heterocycles. The number of nitrogen functional groups attached to an aromatic ring is 1. The smallest absolute Gasteiger partial charge is 0.326 e. The van der Waals surface area contributed by atoms with Crippen LogP contribution in [0.4, 0.5) is 5.69 Å². The summed E-state index contributed by atoms with van der Waals surface area (Å²) in [6.45, 7) is 0. The van der Waals surface area contributed by atoms with E-state index in [4.69, 9.17) is 27.5 Å². The van der Waals surface area contributed by atoms with Crippen molar-refractivity contribution < 1.29 is 24.6 Å². The topological polar surface area (TPSA) is 130 Å². The Labute approximate surface area is 119 Å². The van der Waals surface area contributed by atoms with Gasteiger partial charge in [-0.3, -0.25) is 9.59 Å². The summed E-state index contributed by atoms with van der Waals surface area (Å²) < 4.78 is 0. The molecule has 0 unspecified atom stereocenters. The number of carboxylic acid groups (broad SMARTS) is 2. The number of nitrogens with one attached hydrogen (secondary N) is 1. The summed E-state index contributed by atoms with van der Waals surface area (Å²) in [5.74, 6) is -3.10. The van der Waals surface area contributed by atoms with E-state index in [-0.39, 0.29) is 23.4 Å². The molecule has 1 aromatic rings. The van der Waals surface area contributed by atoms with Gasteiger partial charge < -0.3 is 21.3 Å². The lowest BCUT2D eigenvalue weighted by molar-refractivity contribution is -0.140. The number of amides is 1. The normalized spacial score (nSPS) is 11.7. The molecule has 108 valence electrons. The Hall–Kier alpha value is -2.28. The van der Waals surface area contributed by atoms with E-state index < -0.39 is 23.9 Å². The molecule has 7 nitrogen and oxygen atoms in total. The summed E-state index contributed by atoms with van der Waals surface area (Å²) in [5, 5.41) is 19.9. The van der Waals surface area contributed by atoms with Gasteiger partial charge in [-0.15, -0.1) is 0 Å². The number of anilines is 1. The molecule has 0 heterocycles. The first-order valence-corrected chi connectivity index (χ1v) is 5.99. The predicted octanol–water partition coefficient (Wildman–Crippen LogP) is 0.970. The Balaban J connectivity index is 2.77. The molecule has 1 atom stereocenters. The van der Waals surface area contributed by atoms with Gasteiger partial charge in [0.1, 0.15) is 6.04 Å². The van der Waals surface area contributed by atoms with Gasteiger partial charge in [0.25, 0.3) is 5.91 Å². The average Bonchev–Trinajstić information content (AvgIpc) is 2.36. The molecule has 0 spiro atoms. The summed E-state index contributed by atoms with van der Waals surface area (Å²) >= 11 is 5.76. The first-order valence-electron chi connectivity index (χ1n) is 5.61. The molecule has 0 radical (unpaired) electrons. The number of aliphatic carboxylic acids is 2. The number of halogens is 1. The second-order valence-electron chi connectivity index (χ2n) is 4.03. The maximum absolute atomic E-state index is 11.8. The van der Waals surface area contributed by atoms with E-state index in [1.807, 2.05) is 0 Å². The number of benzene rings is 1. The third-order valence-electron chi connectivity index (χ3n) is 2.51. The van der Waals surface area contributed by atoms with Crippen molar-refractivity contribution in [2.45, 2.75) is 18.9 Å². The summed E-state index contributed by atoms with van der Waals surface area (Å²) in [7, 11) is 0. The van der Waals surface area contributed by atoms with Crippen LogP contribution < -0.4 is 11.1 Å². The first-order chi connectivity index (χ1) is 9.31. The summed E-state index contributed by atoms with van der Waals surface area (Å²) in [4.78, 5) is 33.2. The van der Waals surface area contributed by atoms with Crippen molar-refractivity contribution >= 4 is 35.1 Å². The van der Waals surface area contributed by atoms with Crippen molar-refractivity contribution in [2.24, 2.45) is 0 Å². The predicted molar refractivity (Wildman–Crippen MR) is 71.6 cm³/mol. The zero-order chi connectivity index (χ0) is 15.3. The monoisotopic (exact) mass is 300 g/mol. The molecule has 0 aromatic heterocycles. The highest BCUT2D eigenvalue weighted by Crippen LogP contribution is 2.19. The van der Waals surface area contributed by atoms with Gasteiger partial charge in [-0.2, -0.15) is 0 Å². The number of carboxylic acids is 2. The van der Waals surface area contributed by atoms with Crippen LogP contribution >= 0.6 is 11.6 Å².